The lowest BCUT2D eigenvalue weighted by atomic mass is 9.87. The van der Waals surface area contributed by atoms with Crippen LogP contribution in [-0.2, 0) is 9.47 Å². The third-order valence-electron chi connectivity index (χ3n) is 2.46. The maximum absolute atomic E-state index is 5.43. The van der Waals surface area contributed by atoms with Crippen molar-refractivity contribution in [2.24, 2.45) is 5.41 Å². The molecule has 80 valence electrons. The van der Waals surface area contributed by atoms with E-state index in [0.29, 0.717) is 18.6 Å². The Morgan fingerprint density at radius 2 is 1.92 bits per heavy atom. The molecule has 0 aliphatic rings. The minimum absolute atomic E-state index is 0.382. The first-order chi connectivity index (χ1) is 6.18. The average Bonchev–Trinajstić information content (AvgIpc) is 2.17. The van der Waals surface area contributed by atoms with Crippen LogP contribution in [0.1, 0.15) is 26.7 Å². The molecular weight excluding hydrogens is 232 g/mol. The van der Waals surface area contributed by atoms with Crippen LogP contribution in [0.4, 0.5) is 0 Å². The highest BCUT2D eigenvalue weighted by Gasteiger charge is 2.19. The Morgan fingerprint density at radius 3 is 2.38 bits per heavy atom. The highest BCUT2D eigenvalue weighted by Crippen LogP contribution is 2.27. The zero-order valence-corrected chi connectivity index (χ0v) is 10.5. The van der Waals surface area contributed by atoms with Gasteiger partial charge >= 0.3 is 0 Å². The van der Waals surface area contributed by atoms with Gasteiger partial charge in [-0.2, -0.15) is 0 Å². The van der Waals surface area contributed by atoms with Gasteiger partial charge in [0.2, 0.25) is 0 Å². The zero-order chi connectivity index (χ0) is 10.2. The molecule has 0 saturated heterocycles. The van der Waals surface area contributed by atoms with E-state index in [-0.39, 0.29) is 0 Å². The molecule has 1 unspecified atom stereocenters. The number of hydrogen-bond donors (Lipinski definition) is 0. The molecule has 0 rings (SSSR count). The van der Waals surface area contributed by atoms with Crippen LogP contribution in [0.25, 0.3) is 0 Å². The lowest BCUT2D eigenvalue weighted by Crippen LogP contribution is -2.20. The van der Waals surface area contributed by atoms with E-state index in [2.05, 4.69) is 29.8 Å². The van der Waals surface area contributed by atoms with Crippen molar-refractivity contribution in [3.05, 3.63) is 0 Å². The molecule has 0 saturated carbocycles. The molecule has 0 aromatic rings. The average molecular weight is 253 g/mol. The lowest BCUT2D eigenvalue weighted by Gasteiger charge is -2.25. The van der Waals surface area contributed by atoms with E-state index in [0.717, 1.165) is 18.4 Å². The fourth-order valence-electron chi connectivity index (χ4n) is 0.901. The highest BCUT2D eigenvalue weighted by atomic mass is 79.9. The summed E-state index contributed by atoms with van der Waals surface area (Å²) in [5, 5.41) is 1.05. The maximum atomic E-state index is 5.43. The summed E-state index contributed by atoms with van der Waals surface area (Å²) in [6.07, 6.45) is 2.30. The molecule has 0 aliphatic heterocycles. The van der Waals surface area contributed by atoms with E-state index in [9.17, 15) is 0 Å². The highest BCUT2D eigenvalue weighted by molar-refractivity contribution is 9.09. The molecular formula is C10H21BrO2. The maximum Gasteiger partial charge on any atom is 0.0700 e. The molecule has 2 nitrogen and oxygen atoms in total. The molecule has 0 aromatic carbocycles. The van der Waals surface area contributed by atoms with Gasteiger partial charge in [0.15, 0.2) is 0 Å². The Bertz CT molecular complexity index is 113. The van der Waals surface area contributed by atoms with E-state index >= 15 is 0 Å². The molecule has 0 fully saturated rings. The molecule has 0 spiro atoms. The first kappa shape index (κ1) is 13.4. The number of methoxy groups -OCH3 is 1. The number of rotatable bonds is 8. The van der Waals surface area contributed by atoms with Gasteiger partial charge in [0, 0.05) is 19.0 Å². The summed E-state index contributed by atoms with van der Waals surface area (Å²) in [4.78, 5) is 0. The van der Waals surface area contributed by atoms with Crippen molar-refractivity contribution in [2.75, 3.05) is 32.3 Å². The Balaban J connectivity index is 3.39. The van der Waals surface area contributed by atoms with Crippen molar-refractivity contribution in [1.29, 1.82) is 0 Å². The van der Waals surface area contributed by atoms with Gasteiger partial charge < -0.3 is 9.47 Å². The van der Waals surface area contributed by atoms with Gasteiger partial charge in [-0.3, -0.25) is 0 Å². The van der Waals surface area contributed by atoms with E-state index in [1.165, 1.54) is 6.42 Å². The first-order valence-corrected chi connectivity index (χ1v) is 5.93. The Hall–Kier alpha value is 0.400. The standard InChI is InChI=1S/C10H21BrO2/c1-4-10(2,9-11)5-6-13-8-7-12-3/h4-9H2,1-3H3. The van der Waals surface area contributed by atoms with Crippen LogP contribution in [0.15, 0.2) is 0 Å². The van der Waals surface area contributed by atoms with Crippen LogP contribution < -0.4 is 0 Å². The second-order valence-corrected chi connectivity index (χ2v) is 4.21. The Labute approximate surface area is 90.1 Å². The number of hydrogen-bond acceptors (Lipinski definition) is 2. The van der Waals surface area contributed by atoms with Crippen molar-refractivity contribution < 1.29 is 9.47 Å². The minimum Gasteiger partial charge on any atom is -0.382 e. The predicted molar refractivity (Wildman–Crippen MR) is 59.5 cm³/mol. The molecule has 3 heteroatoms. The van der Waals surface area contributed by atoms with Crippen LogP contribution in [-0.4, -0.2) is 32.3 Å². The van der Waals surface area contributed by atoms with Crippen LogP contribution >= 0.6 is 15.9 Å². The van der Waals surface area contributed by atoms with Gasteiger partial charge in [-0.1, -0.05) is 29.8 Å². The summed E-state index contributed by atoms with van der Waals surface area (Å²) in [6.45, 7) is 6.73. The van der Waals surface area contributed by atoms with Crippen molar-refractivity contribution in [1.82, 2.24) is 0 Å². The molecule has 0 heterocycles. The SMILES string of the molecule is CCC(C)(CBr)CCOCCOC. The number of halogens is 1. The van der Waals surface area contributed by atoms with Gasteiger partial charge in [-0.25, -0.2) is 0 Å². The third-order valence-corrected chi connectivity index (χ3v) is 3.81. The number of ether oxygens (including phenoxy) is 2. The smallest absolute Gasteiger partial charge is 0.0700 e. The number of alkyl halides is 1. The fourth-order valence-corrected chi connectivity index (χ4v) is 1.58. The predicted octanol–water partition coefficient (Wildman–Crippen LogP) is 2.85. The largest absolute Gasteiger partial charge is 0.382 e. The van der Waals surface area contributed by atoms with Crippen molar-refractivity contribution in [2.45, 2.75) is 26.7 Å². The molecule has 0 N–H and O–H groups in total. The van der Waals surface area contributed by atoms with Gasteiger partial charge in [0.05, 0.1) is 13.2 Å². The summed E-state index contributed by atoms with van der Waals surface area (Å²) in [6, 6.07) is 0. The minimum atomic E-state index is 0.382. The Kier molecular flexibility index (Phi) is 8.01. The van der Waals surface area contributed by atoms with Gasteiger partial charge in [-0.15, -0.1) is 0 Å². The third kappa shape index (κ3) is 6.47. The Morgan fingerprint density at radius 1 is 1.23 bits per heavy atom. The molecule has 0 bridgehead atoms. The van der Waals surface area contributed by atoms with E-state index in [4.69, 9.17) is 9.47 Å². The molecule has 0 amide bonds. The van der Waals surface area contributed by atoms with E-state index < -0.39 is 0 Å². The molecule has 1 atom stereocenters. The lowest BCUT2D eigenvalue weighted by molar-refractivity contribution is 0.0561. The second-order valence-electron chi connectivity index (χ2n) is 3.65. The molecule has 0 radical (unpaired) electrons. The van der Waals surface area contributed by atoms with Gasteiger partial charge in [-0.05, 0) is 18.3 Å². The topological polar surface area (TPSA) is 18.5 Å². The van der Waals surface area contributed by atoms with Crippen molar-refractivity contribution in [3.8, 4) is 0 Å². The zero-order valence-electron chi connectivity index (χ0n) is 8.94. The normalized spacial score (nSPS) is 15.7. The van der Waals surface area contributed by atoms with Crippen molar-refractivity contribution >= 4 is 15.9 Å². The van der Waals surface area contributed by atoms with Gasteiger partial charge in [0.1, 0.15) is 0 Å². The first-order valence-electron chi connectivity index (χ1n) is 4.81. The summed E-state index contributed by atoms with van der Waals surface area (Å²) in [5.41, 5.74) is 0.382. The van der Waals surface area contributed by atoms with E-state index in [1.54, 1.807) is 7.11 Å². The summed E-state index contributed by atoms with van der Waals surface area (Å²) < 4.78 is 10.3. The monoisotopic (exact) mass is 252 g/mol. The molecule has 13 heavy (non-hydrogen) atoms. The quantitative estimate of drug-likeness (QED) is 0.489. The summed E-state index contributed by atoms with van der Waals surface area (Å²) >= 11 is 3.53. The van der Waals surface area contributed by atoms with Crippen LogP contribution in [0, 0.1) is 5.41 Å². The fraction of sp³-hybridized carbons (Fsp3) is 1.00. The summed E-state index contributed by atoms with van der Waals surface area (Å²) in [7, 11) is 1.69. The van der Waals surface area contributed by atoms with Gasteiger partial charge in [0.25, 0.3) is 0 Å². The van der Waals surface area contributed by atoms with Crippen LogP contribution in [0.2, 0.25) is 0 Å². The van der Waals surface area contributed by atoms with E-state index in [1.807, 2.05) is 0 Å². The van der Waals surface area contributed by atoms with Crippen LogP contribution in [0.3, 0.4) is 0 Å². The van der Waals surface area contributed by atoms with Crippen LogP contribution in [0.5, 0.6) is 0 Å². The molecule has 0 aromatic heterocycles. The molecule has 0 aliphatic carbocycles. The van der Waals surface area contributed by atoms with Crippen molar-refractivity contribution in [3.63, 3.8) is 0 Å². The second kappa shape index (κ2) is 7.77. The summed E-state index contributed by atoms with van der Waals surface area (Å²) in [5.74, 6) is 0.